The van der Waals surface area contributed by atoms with Crippen molar-refractivity contribution in [3.8, 4) is 0 Å². The molecule has 2 unspecified atom stereocenters. The molecular weight excluding hydrogens is 333 g/mol. The first-order valence-electron chi connectivity index (χ1n) is 9.61. The highest BCUT2D eigenvalue weighted by atomic mass is 19.1. The topological polar surface area (TPSA) is 61.4 Å². The van der Waals surface area contributed by atoms with E-state index in [1.807, 2.05) is 19.9 Å². The van der Waals surface area contributed by atoms with E-state index in [-0.39, 0.29) is 35.2 Å². The monoisotopic (exact) mass is 361 g/mol. The van der Waals surface area contributed by atoms with Gasteiger partial charge in [0.25, 0.3) is 0 Å². The summed E-state index contributed by atoms with van der Waals surface area (Å²) in [6.45, 7) is 6.44. The van der Waals surface area contributed by atoms with Crippen molar-refractivity contribution < 1.29 is 14.0 Å². The van der Waals surface area contributed by atoms with Crippen LogP contribution in [-0.2, 0) is 22.6 Å². The van der Waals surface area contributed by atoms with Gasteiger partial charge in [-0.15, -0.1) is 0 Å². The van der Waals surface area contributed by atoms with E-state index >= 15 is 0 Å². The number of hydrogen-bond acceptors (Lipinski definition) is 3. The second-order valence-corrected chi connectivity index (χ2v) is 7.41. The fourth-order valence-corrected chi connectivity index (χ4v) is 3.74. The Bertz CT molecular complexity index is 692. The molecule has 1 aromatic rings. The number of carbonyl (C=O) groups excluding carboxylic acids is 2. The highest BCUT2D eigenvalue weighted by molar-refractivity contribution is 5.93. The van der Waals surface area contributed by atoms with Crippen LogP contribution in [-0.4, -0.2) is 36.3 Å². The molecule has 0 saturated carbocycles. The predicted molar refractivity (Wildman–Crippen MR) is 99.2 cm³/mol. The van der Waals surface area contributed by atoms with Crippen molar-refractivity contribution in [2.75, 3.05) is 25.0 Å². The quantitative estimate of drug-likeness (QED) is 0.867. The van der Waals surface area contributed by atoms with Crippen molar-refractivity contribution in [3.05, 3.63) is 29.1 Å². The lowest BCUT2D eigenvalue weighted by atomic mass is 9.95. The fraction of sp³-hybridized carbons (Fsp3) is 0.600. The van der Waals surface area contributed by atoms with E-state index in [1.54, 1.807) is 11.0 Å². The van der Waals surface area contributed by atoms with Crippen LogP contribution >= 0.6 is 0 Å². The molecule has 2 aliphatic heterocycles. The normalized spacial score (nSPS) is 21.0. The largest absolute Gasteiger partial charge is 0.342 e. The van der Waals surface area contributed by atoms with Crippen molar-refractivity contribution in [3.63, 3.8) is 0 Å². The van der Waals surface area contributed by atoms with Gasteiger partial charge in [-0.25, -0.2) is 4.39 Å². The molecule has 0 bridgehead atoms. The summed E-state index contributed by atoms with van der Waals surface area (Å²) >= 11 is 0. The van der Waals surface area contributed by atoms with Crippen LogP contribution in [0.5, 0.6) is 0 Å². The van der Waals surface area contributed by atoms with Gasteiger partial charge >= 0.3 is 0 Å². The molecule has 2 amide bonds. The van der Waals surface area contributed by atoms with Crippen LogP contribution in [0.15, 0.2) is 12.1 Å². The first-order valence-corrected chi connectivity index (χ1v) is 9.61. The maximum absolute atomic E-state index is 14.7. The summed E-state index contributed by atoms with van der Waals surface area (Å²) in [7, 11) is 0. The molecule has 0 spiro atoms. The molecule has 3 rings (SSSR count). The molecule has 2 aliphatic rings. The number of piperidine rings is 1. The third kappa shape index (κ3) is 3.90. The molecule has 0 radical (unpaired) electrons. The van der Waals surface area contributed by atoms with Gasteiger partial charge in [-0.1, -0.05) is 19.9 Å². The number of fused-ring (bicyclic) bond motifs is 1. The van der Waals surface area contributed by atoms with E-state index in [2.05, 4.69) is 10.6 Å². The molecule has 1 aromatic carbocycles. The Kier molecular flexibility index (Phi) is 5.91. The maximum atomic E-state index is 14.7. The number of carbonyl (C=O) groups is 2. The molecule has 26 heavy (non-hydrogen) atoms. The molecule has 2 N–H and O–H groups in total. The minimum absolute atomic E-state index is 0.0245. The second kappa shape index (κ2) is 8.16. The Morgan fingerprint density at radius 2 is 2.23 bits per heavy atom. The Morgan fingerprint density at radius 1 is 1.42 bits per heavy atom. The molecule has 2 atom stereocenters. The first-order chi connectivity index (χ1) is 12.5. The van der Waals surface area contributed by atoms with Gasteiger partial charge in [-0.2, -0.15) is 0 Å². The molecule has 6 heteroatoms. The average Bonchev–Trinajstić information content (AvgIpc) is 2.69. The third-order valence-electron chi connectivity index (χ3n) is 5.60. The Balaban J connectivity index is 1.67. The summed E-state index contributed by atoms with van der Waals surface area (Å²) in [5.41, 5.74) is 1.90. The van der Waals surface area contributed by atoms with E-state index in [1.165, 1.54) is 0 Å². The highest BCUT2D eigenvalue weighted by Gasteiger charge is 2.30. The van der Waals surface area contributed by atoms with E-state index in [0.717, 1.165) is 31.4 Å². The van der Waals surface area contributed by atoms with Crippen molar-refractivity contribution in [1.29, 1.82) is 0 Å². The van der Waals surface area contributed by atoms with Crippen LogP contribution in [0, 0.1) is 17.7 Å². The summed E-state index contributed by atoms with van der Waals surface area (Å²) in [5, 5.41) is 5.98. The minimum atomic E-state index is -0.319. The number of likely N-dealkylation sites (tertiary alicyclic amines) is 1. The molecule has 2 heterocycles. The first kappa shape index (κ1) is 18.8. The van der Waals surface area contributed by atoms with Crippen LogP contribution in [0.3, 0.4) is 0 Å². The molecule has 1 saturated heterocycles. The molecule has 1 fully saturated rings. The van der Waals surface area contributed by atoms with E-state index in [0.29, 0.717) is 31.6 Å². The number of rotatable bonds is 4. The second-order valence-electron chi connectivity index (χ2n) is 7.41. The number of anilines is 1. The summed E-state index contributed by atoms with van der Waals surface area (Å²) in [6.07, 6.45) is 2.96. The number of benzene rings is 1. The van der Waals surface area contributed by atoms with Crippen molar-refractivity contribution in [2.45, 2.75) is 46.1 Å². The minimum Gasteiger partial charge on any atom is -0.342 e. The number of hydrogen-bond donors (Lipinski definition) is 2. The molecule has 5 nitrogen and oxygen atoms in total. The number of nitrogens with one attached hydrogen (secondary N) is 2. The molecule has 142 valence electrons. The zero-order valence-corrected chi connectivity index (χ0v) is 15.6. The van der Waals surface area contributed by atoms with Crippen LogP contribution in [0.4, 0.5) is 10.1 Å². The van der Waals surface area contributed by atoms with E-state index < -0.39 is 0 Å². The van der Waals surface area contributed by atoms with Gasteiger partial charge in [0.2, 0.25) is 11.8 Å². The third-order valence-corrected chi connectivity index (χ3v) is 5.60. The Morgan fingerprint density at radius 3 is 3.00 bits per heavy atom. The smallest absolute Gasteiger partial charge is 0.229 e. The van der Waals surface area contributed by atoms with Gasteiger partial charge in [0.05, 0.1) is 11.6 Å². The number of nitrogens with zero attached hydrogens (tertiary/aromatic N) is 1. The van der Waals surface area contributed by atoms with Gasteiger partial charge in [0, 0.05) is 25.6 Å². The summed E-state index contributed by atoms with van der Waals surface area (Å²) in [6, 6.07) is 3.52. The molecule has 0 aliphatic carbocycles. The summed E-state index contributed by atoms with van der Waals surface area (Å²) in [5.74, 6) is -0.713. The Labute approximate surface area is 154 Å². The lowest BCUT2D eigenvalue weighted by Gasteiger charge is -2.33. The van der Waals surface area contributed by atoms with Gasteiger partial charge in [0.15, 0.2) is 0 Å². The molecular formula is C20H28FN3O2. The zero-order chi connectivity index (χ0) is 18.7. The van der Waals surface area contributed by atoms with Crippen molar-refractivity contribution in [1.82, 2.24) is 10.2 Å². The van der Waals surface area contributed by atoms with Gasteiger partial charge < -0.3 is 15.5 Å². The van der Waals surface area contributed by atoms with Crippen LogP contribution in [0.2, 0.25) is 0 Å². The standard InChI is InChI=1S/C20H28FN3O2/c1-3-13(2)20(26)24-10-4-5-15(12-24)19(25)23-17-7-6-14-11-22-9-8-16(14)18(17)21/h6-7,13,15,22H,3-5,8-12H2,1-2H3,(H,23,25). The van der Waals surface area contributed by atoms with Crippen LogP contribution in [0.1, 0.15) is 44.2 Å². The zero-order valence-electron chi connectivity index (χ0n) is 15.6. The van der Waals surface area contributed by atoms with Crippen LogP contribution in [0.25, 0.3) is 0 Å². The predicted octanol–water partition coefficient (Wildman–Crippen LogP) is 2.69. The van der Waals surface area contributed by atoms with Crippen molar-refractivity contribution in [2.24, 2.45) is 11.8 Å². The maximum Gasteiger partial charge on any atom is 0.229 e. The van der Waals surface area contributed by atoms with E-state index in [4.69, 9.17) is 0 Å². The SMILES string of the molecule is CCC(C)C(=O)N1CCCC(C(=O)Nc2ccc3c(c2F)CCNC3)C1. The number of amides is 2. The fourth-order valence-electron chi connectivity index (χ4n) is 3.74. The summed E-state index contributed by atoms with van der Waals surface area (Å²) < 4.78 is 14.7. The highest BCUT2D eigenvalue weighted by Crippen LogP contribution is 2.26. The summed E-state index contributed by atoms with van der Waals surface area (Å²) in [4.78, 5) is 26.9. The van der Waals surface area contributed by atoms with Crippen molar-refractivity contribution >= 4 is 17.5 Å². The van der Waals surface area contributed by atoms with Gasteiger partial charge in [-0.3, -0.25) is 9.59 Å². The lowest BCUT2D eigenvalue weighted by molar-refractivity contribution is -0.138. The Hall–Kier alpha value is -1.95. The average molecular weight is 361 g/mol. The van der Waals surface area contributed by atoms with E-state index in [9.17, 15) is 14.0 Å². The van der Waals surface area contributed by atoms with Gasteiger partial charge in [-0.05, 0) is 49.4 Å². The lowest BCUT2D eigenvalue weighted by Crippen LogP contribution is -2.45. The van der Waals surface area contributed by atoms with Gasteiger partial charge in [0.1, 0.15) is 5.82 Å². The molecule has 0 aromatic heterocycles. The van der Waals surface area contributed by atoms with Crippen LogP contribution < -0.4 is 10.6 Å². The number of halogens is 1.